The van der Waals surface area contributed by atoms with Crippen LogP contribution in [-0.2, 0) is 0 Å². The molecule has 0 unspecified atom stereocenters. The van der Waals surface area contributed by atoms with Gasteiger partial charge >= 0.3 is 0 Å². The molecule has 0 aromatic heterocycles. The number of carbonyl (C=O) groups is 1. The van der Waals surface area contributed by atoms with Crippen LogP contribution in [0.4, 0.5) is 0 Å². The van der Waals surface area contributed by atoms with Crippen molar-refractivity contribution in [1.29, 1.82) is 0 Å². The Morgan fingerprint density at radius 1 is 1.32 bits per heavy atom. The van der Waals surface area contributed by atoms with Crippen LogP contribution in [-0.4, -0.2) is 31.9 Å². The van der Waals surface area contributed by atoms with E-state index in [1.807, 2.05) is 46.0 Å². The normalized spacial score (nSPS) is 14.7. The molecule has 2 rings (SSSR count). The van der Waals surface area contributed by atoms with E-state index < -0.39 is 0 Å². The van der Waals surface area contributed by atoms with E-state index in [4.69, 9.17) is 0 Å². The number of nitrogens with zero attached hydrogens (tertiary/aromatic N) is 1. The lowest BCUT2D eigenvalue weighted by Gasteiger charge is -2.19. The summed E-state index contributed by atoms with van der Waals surface area (Å²) in [5.41, 5.74) is 3.09. The van der Waals surface area contributed by atoms with Crippen molar-refractivity contribution >= 4 is 32.5 Å². The van der Waals surface area contributed by atoms with Crippen LogP contribution in [0.5, 0.6) is 0 Å². The zero-order chi connectivity index (χ0) is 13.8. The summed E-state index contributed by atoms with van der Waals surface area (Å²) in [6.45, 7) is 0. The zero-order valence-corrected chi connectivity index (χ0v) is 11.4. The Kier molecular flexibility index (Phi) is 4.27. The molecule has 0 spiro atoms. The SMILES string of the molecule is Bc1ccc(B)c(C(=O)N(O)C2=CC=CCCC2)c1. The third kappa shape index (κ3) is 3.18. The van der Waals surface area contributed by atoms with Crippen molar-refractivity contribution in [2.45, 2.75) is 19.3 Å². The number of amides is 1. The molecule has 3 nitrogen and oxygen atoms in total. The standard InChI is InChI=1S/C14H17B2NO2/c15-10-7-8-13(16)12(9-10)14(18)17(19)11-5-3-1-2-4-6-11/h1,3,5,7-9,19H,2,4,6,15-16H2. The first kappa shape index (κ1) is 13.7. The predicted octanol–water partition coefficient (Wildman–Crippen LogP) is -0.341. The van der Waals surface area contributed by atoms with Crippen molar-refractivity contribution in [2.24, 2.45) is 0 Å². The van der Waals surface area contributed by atoms with Gasteiger partial charge in [-0.1, -0.05) is 41.3 Å². The van der Waals surface area contributed by atoms with Gasteiger partial charge in [-0.15, -0.1) is 0 Å². The highest BCUT2D eigenvalue weighted by molar-refractivity contribution is 6.39. The average Bonchev–Trinajstić information content (AvgIpc) is 2.69. The fraction of sp³-hybridized carbons (Fsp3) is 0.214. The number of hydrogen-bond acceptors (Lipinski definition) is 2. The van der Waals surface area contributed by atoms with Gasteiger partial charge in [0, 0.05) is 5.56 Å². The Bertz CT molecular complexity index is 552. The highest BCUT2D eigenvalue weighted by Crippen LogP contribution is 2.17. The molecule has 0 heterocycles. The first-order valence-corrected chi connectivity index (χ1v) is 6.56. The molecule has 19 heavy (non-hydrogen) atoms. The summed E-state index contributed by atoms with van der Waals surface area (Å²) in [4.78, 5) is 12.3. The van der Waals surface area contributed by atoms with Crippen molar-refractivity contribution in [3.05, 3.63) is 47.7 Å². The summed E-state index contributed by atoms with van der Waals surface area (Å²) in [5.74, 6) is -0.359. The van der Waals surface area contributed by atoms with E-state index in [9.17, 15) is 10.0 Å². The third-order valence-electron chi connectivity index (χ3n) is 3.32. The van der Waals surface area contributed by atoms with Crippen LogP contribution in [0, 0.1) is 0 Å². The molecule has 1 aromatic rings. The van der Waals surface area contributed by atoms with Crippen LogP contribution in [0.15, 0.2) is 42.1 Å². The van der Waals surface area contributed by atoms with Crippen molar-refractivity contribution < 1.29 is 10.0 Å². The fourth-order valence-corrected chi connectivity index (χ4v) is 2.15. The maximum Gasteiger partial charge on any atom is 0.281 e. The van der Waals surface area contributed by atoms with Crippen LogP contribution in [0.1, 0.15) is 29.6 Å². The number of hydrogen-bond donors (Lipinski definition) is 1. The van der Waals surface area contributed by atoms with Crippen LogP contribution in [0.3, 0.4) is 0 Å². The Morgan fingerprint density at radius 2 is 2.11 bits per heavy atom. The van der Waals surface area contributed by atoms with Crippen LogP contribution in [0.2, 0.25) is 0 Å². The minimum atomic E-state index is -0.359. The highest BCUT2D eigenvalue weighted by Gasteiger charge is 2.19. The van der Waals surface area contributed by atoms with E-state index in [0.29, 0.717) is 17.7 Å². The summed E-state index contributed by atoms with van der Waals surface area (Å²) >= 11 is 0. The molecule has 0 radical (unpaired) electrons. The number of carbonyl (C=O) groups excluding carboxylic acids is 1. The monoisotopic (exact) mass is 253 g/mol. The van der Waals surface area contributed by atoms with Crippen molar-refractivity contribution in [3.63, 3.8) is 0 Å². The zero-order valence-electron chi connectivity index (χ0n) is 11.4. The van der Waals surface area contributed by atoms with E-state index in [-0.39, 0.29) is 5.91 Å². The number of rotatable bonds is 2. The van der Waals surface area contributed by atoms with E-state index in [1.54, 1.807) is 6.08 Å². The van der Waals surface area contributed by atoms with Gasteiger partial charge in [-0.2, -0.15) is 5.06 Å². The van der Waals surface area contributed by atoms with Gasteiger partial charge in [-0.25, -0.2) is 0 Å². The largest absolute Gasteiger partial charge is 0.281 e. The molecule has 1 N–H and O–H groups in total. The maximum atomic E-state index is 12.3. The Labute approximate surface area is 115 Å². The molecule has 1 amide bonds. The summed E-state index contributed by atoms with van der Waals surface area (Å²) in [5, 5.41) is 10.9. The first-order chi connectivity index (χ1) is 9.09. The lowest BCUT2D eigenvalue weighted by molar-refractivity contribution is -0.0331. The van der Waals surface area contributed by atoms with Gasteiger partial charge in [0.25, 0.3) is 5.91 Å². The Hall–Kier alpha value is -1.74. The molecular formula is C14H17B2NO2. The molecule has 5 heteroatoms. The summed E-state index contributed by atoms with van der Waals surface area (Å²) < 4.78 is 0. The minimum absolute atomic E-state index is 0.359. The van der Waals surface area contributed by atoms with E-state index in [0.717, 1.165) is 28.8 Å². The molecule has 1 aliphatic rings. The van der Waals surface area contributed by atoms with Gasteiger partial charge in [-0.3, -0.25) is 10.0 Å². The van der Waals surface area contributed by atoms with Gasteiger partial charge in [0.05, 0.1) is 5.70 Å². The summed E-state index contributed by atoms with van der Waals surface area (Å²) in [7, 11) is 3.81. The smallest absolute Gasteiger partial charge is 0.281 e. The molecule has 0 saturated heterocycles. The predicted molar refractivity (Wildman–Crippen MR) is 81.8 cm³/mol. The van der Waals surface area contributed by atoms with Crippen LogP contribution < -0.4 is 10.9 Å². The third-order valence-corrected chi connectivity index (χ3v) is 3.32. The number of hydroxylamine groups is 2. The summed E-state index contributed by atoms with van der Waals surface area (Å²) in [6.07, 6.45) is 8.37. The Morgan fingerprint density at radius 3 is 2.89 bits per heavy atom. The van der Waals surface area contributed by atoms with Gasteiger partial charge in [0.2, 0.25) is 0 Å². The average molecular weight is 253 g/mol. The lowest BCUT2D eigenvalue weighted by atomic mass is 9.84. The van der Waals surface area contributed by atoms with Crippen LogP contribution in [0.25, 0.3) is 0 Å². The molecule has 0 fully saturated rings. The van der Waals surface area contributed by atoms with Crippen molar-refractivity contribution in [3.8, 4) is 0 Å². The second-order valence-electron chi connectivity index (χ2n) is 4.91. The van der Waals surface area contributed by atoms with Crippen molar-refractivity contribution in [1.82, 2.24) is 5.06 Å². The molecular weight excluding hydrogens is 236 g/mol. The maximum absolute atomic E-state index is 12.3. The quantitative estimate of drug-likeness (QED) is 0.445. The van der Waals surface area contributed by atoms with Gasteiger partial charge in [0.15, 0.2) is 0 Å². The number of benzene rings is 1. The van der Waals surface area contributed by atoms with E-state index in [1.165, 1.54) is 0 Å². The fourth-order valence-electron chi connectivity index (χ4n) is 2.15. The van der Waals surface area contributed by atoms with E-state index in [2.05, 4.69) is 0 Å². The highest BCUT2D eigenvalue weighted by atomic mass is 16.5. The molecule has 96 valence electrons. The molecule has 0 aliphatic heterocycles. The number of allylic oxidation sites excluding steroid dienone is 4. The van der Waals surface area contributed by atoms with Gasteiger partial charge in [-0.05, 0) is 25.3 Å². The van der Waals surface area contributed by atoms with E-state index >= 15 is 0 Å². The van der Waals surface area contributed by atoms with Gasteiger partial charge < -0.3 is 0 Å². The van der Waals surface area contributed by atoms with Gasteiger partial charge in [0.1, 0.15) is 15.7 Å². The molecule has 1 aliphatic carbocycles. The minimum Gasteiger partial charge on any atom is -0.281 e. The summed E-state index contributed by atoms with van der Waals surface area (Å²) in [6, 6.07) is 5.67. The second-order valence-corrected chi connectivity index (χ2v) is 4.91. The molecule has 0 bridgehead atoms. The molecule has 0 saturated carbocycles. The van der Waals surface area contributed by atoms with Crippen molar-refractivity contribution in [2.75, 3.05) is 0 Å². The first-order valence-electron chi connectivity index (χ1n) is 6.56. The van der Waals surface area contributed by atoms with Crippen LogP contribution >= 0.6 is 0 Å². The molecule has 0 atom stereocenters. The second kappa shape index (κ2) is 5.93. The molecule has 1 aromatic carbocycles. The topological polar surface area (TPSA) is 40.5 Å². The Balaban J connectivity index is 2.25. The lowest BCUT2D eigenvalue weighted by Crippen LogP contribution is -2.32.